The number of fused-ring (bicyclic) bond motifs is 3. The first-order valence-electron chi connectivity index (χ1n) is 7.66. The zero-order valence-corrected chi connectivity index (χ0v) is 12.9. The molecular formula is C15H17N3O3S. The van der Waals surface area contributed by atoms with Gasteiger partial charge in [-0.3, -0.25) is 14.0 Å². The van der Waals surface area contributed by atoms with Crippen molar-refractivity contribution in [3.8, 4) is 0 Å². The van der Waals surface area contributed by atoms with Crippen molar-refractivity contribution in [1.82, 2.24) is 14.7 Å². The zero-order chi connectivity index (χ0) is 15.1. The highest BCUT2D eigenvalue weighted by molar-refractivity contribution is 7.17. The number of aryl methyl sites for hydroxylation is 2. The highest BCUT2D eigenvalue weighted by atomic mass is 32.1. The van der Waals surface area contributed by atoms with Crippen LogP contribution in [-0.4, -0.2) is 34.5 Å². The second kappa shape index (κ2) is 5.48. The Morgan fingerprint density at radius 2 is 2.36 bits per heavy atom. The van der Waals surface area contributed by atoms with Crippen LogP contribution in [0.25, 0.3) is 4.96 Å². The molecule has 3 heterocycles. The number of hydrogen-bond acceptors (Lipinski definition) is 5. The summed E-state index contributed by atoms with van der Waals surface area (Å²) in [7, 11) is 0. The number of rotatable bonds is 3. The molecule has 6 nitrogen and oxygen atoms in total. The molecule has 1 amide bonds. The fourth-order valence-electron chi connectivity index (χ4n) is 3.17. The van der Waals surface area contributed by atoms with Crippen LogP contribution in [0.1, 0.15) is 40.2 Å². The molecule has 1 aliphatic heterocycles. The highest BCUT2D eigenvalue weighted by Crippen LogP contribution is 2.28. The van der Waals surface area contributed by atoms with Crippen LogP contribution in [0.5, 0.6) is 0 Å². The summed E-state index contributed by atoms with van der Waals surface area (Å²) in [5.74, 6) is -0.361. The molecule has 0 unspecified atom stereocenters. The fourth-order valence-corrected chi connectivity index (χ4v) is 4.34. The zero-order valence-electron chi connectivity index (χ0n) is 12.1. The first-order valence-corrected chi connectivity index (χ1v) is 8.48. The van der Waals surface area contributed by atoms with E-state index in [4.69, 9.17) is 4.74 Å². The Labute approximate surface area is 131 Å². The van der Waals surface area contributed by atoms with Crippen molar-refractivity contribution in [2.24, 2.45) is 0 Å². The third-order valence-corrected chi connectivity index (χ3v) is 5.47. The van der Waals surface area contributed by atoms with Gasteiger partial charge in [-0.2, -0.15) is 0 Å². The first kappa shape index (κ1) is 13.9. The molecule has 22 heavy (non-hydrogen) atoms. The van der Waals surface area contributed by atoms with Crippen molar-refractivity contribution in [2.45, 2.75) is 38.2 Å². The molecular weight excluding hydrogens is 302 g/mol. The van der Waals surface area contributed by atoms with Crippen LogP contribution in [0, 0.1) is 0 Å². The topological polar surface area (TPSA) is 72.7 Å². The molecule has 0 radical (unpaired) electrons. The van der Waals surface area contributed by atoms with Crippen LogP contribution < -0.4 is 10.9 Å². The lowest BCUT2D eigenvalue weighted by molar-refractivity contribution is 0.0856. The average Bonchev–Trinajstić information content (AvgIpc) is 3.21. The lowest BCUT2D eigenvalue weighted by Gasteiger charge is -2.10. The van der Waals surface area contributed by atoms with Gasteiger partial charge >= 0.3 is 0 Å². The van der Waals surface area contributed by atoms with Gasteiger partial charge < -0.3 is 10.1 Å². The summed E-state index contributed by atoms with van der Waals surface area (Å²) in [5.41, 5.74) is 0.892. The molecule has 1 saturated heterocycles. The van der Waals surface area contributed by atoms with Gasteiger partial charge in [0.05, 0.1) is 6.10 Å². The summed E-state index contributed by atoms with van der Waals surface area (Å²) < 4.78 is 7.09. The van der Waals surface area contributed by atoms with E-state index in [9.17, 15) is 9.59 Å². The maximum atomic E-state index is 12.6. The van der Waals surface area contributed by atoms with Gasteiger partial charge in [0.15, 0.2) is 4.96 Å². The van der Waals surface area contributed by atoms with Crippen LogP contribution in [0.3, 0.4) is 0 Å². The number of thiazole rings is 1. The van der Waals surface area contributed by atoms with E-state index in [2.05, 4.69) is 10.3 Å². The number of carbonyl (C=O) groups is 1. The minimum Gasteiger partial charge on any atom is -0.376 e. The standard InChI is InChI=1S/C15H17N3O3S/c19-13(16-7-9-3-2-6-21-9)10-8-17-15-18(14(10)20)11-4-1-5-12(11)22-15/h8-9H,1-7H2,(H,16,19)/t9-/m1/s1. The lowest BCUT2D eigenvalue weighted by Crippen LogP contribution is -2.36. The maximum Gasteiger partial charge on any atom is 0.271 e. The monoisotopic (exact) mass is 319 g/mol. The van der Waals surface area contributed by atoms with Crippen molar-refractivity contribution in [3.63, 3.8) is 0 Å². The van der Waals surface area contributed by atoms with Crippen molar-refractivity contribution in [3.05, 3.63) is 32.7 Å². The Hall–Kier alpha value is -1.73. The van der Waals surface area contributed by atoms with E-state index in [1.807, 2.05) is 0 Å². The second-order valence-electron chi connectivity index (χ2n) is 5.77. The molecule has 0 aromatic carbocycles. The third-order valence-electron chi connectivity index (χ3n) is 4.31. The average molecular weight is 319 g/mol. The summed E-state index contributed by atoms with van der Waals surface area (Å²) in [4.78, 5) is 31.1. The van der Waals surface area contributed by atoms with E-state index >= 15 is 0 Å². The van der Waals surface area contributed by atoms with Gasteiger partial charge in [0, 0.05) is 29.9 Å². The first-order chi connectivity index (χ1) is 10.7. The number of hydrogen-bond donors (Lipinski definition) is 1. The quantitative estimate of drug-likeness (QED) is 0.921. The van der Waals surface area contributed by atoms with Gasteiger partial charge in [-0.1, -0.05) is 0 Å². The summed E-state index contributed by atoms with van der Waals surface area (Å²) in [6.45, 7) is 1.19. The van der Waals surface area contributed by atoms with Crippen LogP contribution in [-0.2, 0) is 17.6 Å². The molecule has 7 heteroatoms. The normalized spacial score (nSPS) is 20.5. The summed E-state index contributed by atoms with van der Waals surface area (Å²) in [6, 6.07) is 0. The molecule has 0 bridgehead atoms. The van der Waals surface area contributed by atoms with E-state index in [1.54, 1.807) is 15.7 Å². The van der Waals surface area contributed by atoms with E-state index in [1.165, 1.54) is 11.1 Å². The molecule has 1 aliphatic carbocycles. The molecule has 0 spiro atoms. The predicted octanol–water partition coefficient (Wildman–Crippen LogP) is 1.15. The van der Waals surface area contributed by atoms with E-state index < -0.39 is 0 Å². The van der Waals surface area contributed by atoms with Crippen molar-refractivity contribution in [2.75, 3.05) is 13.2 Å². The Bertz CT molecular complexity index is 789. The van der Waals surface area contributed by atoms with Crippen LogP contribution >= 0.6 is 11.3 Å². The van der Waals surface area contributed by atoms with E-state index in [0.717, 1.165) is 44.4 Å². The smallest absolute Gasteiger partial charge is 0.271 e. The number of nitrogens with zero attached hydrogens (tertiary/aromatic N) is 2. The highest BCUT2D eigenvalue weighted by Gasteiger charge is 2.23. The van der Waals surface area contributed by atoms with Crippen molar-refractivity contribution in [1.29, 1.82) is 0 Å². The van der Waals surface area contributed by atoms with Gasteiger partial charge in [0.1, 0.15) is 5.56 Å². The number of ether oxygens (including phenoxy) is 1. The molecule has 2 aromatic rings. The molecule has 4 rings (SSSR count). The molecule has 1 N–H and O–H groups in total. The Morgan fingerprint density at radius 1 is 1.45 bits per heavy atom. The van der Waals surface area contributed by atoms with Gasteiger partial charge in [-0.15, -0.1) is 11.3 Å². The lowest BCUT2D eigenvalue weighted by atomic mass is 10.2. The minimum atomic E-state index is -0.361. The Morgan fingerprint density at radius 3 is 3.18 bits per heavy atom. The largest absolute Gasteiger partial charge is 0.376 e. The summed E-state index contributed by atoms with van der Waals surface area (Å²) in [5, 5.41) is 2.79. The maximum absolute atomic E-state index is 12.6. The molecule has 2 aliphatic rings. The molecule has 116 valence electrons. The van der Waals surface area contributed by atoms with Gasteiger partial charge in [-0.05, 0) is 32.1 Å². The summed E-state index contributed by atoms with van der Waals surface area (Å²) in [6.07, 6.45) is 6.40. The molecule has 0 saturated carbocycles. The molecule has 1 atom stereocenters. The number of amides is 1. The fraction of sp³-hybridized carbons (Fsp3) is 0.533. The van der Waals surface area contributed by atoms with Gasteiger partial charge in [0.2, 0.25) is 0 Å². The number of carbonyl (C=O) groups excluding carboxylic acids is 1. The van der Waals surface area contributed by atoms with E-state index in [-0.39, 0.29) is 23.1 Å². The van der Waals surface area contributed by atoms with Crippen LogP contribution in [0.4, 0.5) is 0 Å². The van der Waals surface area contributed by atoms with Crippen molar-refractivity contribution < 1.29 is 9.53 Å². The van der Waals surface area contributed by atoms with Crippen LogP contribution in [0.15, 0.2) is 11.0 Å². The van der Waals surface area contributed by atoms with E-state index in [0.29, 0.717) is 11.5 Å². The second-order valence-corrected chi connectivity index (χ2v) is 6.83. The molecule has 2 aromatic heterocycles. The molecule has 1 fully saturated rings. The SMILES string of the molecule is O=C(NC[C@H]1CCCO1)c1cnc2sc3c(n2c1=O)CCC3. The van der Waals surface area contributed by atoms with Gasteiger partial charge in [-0.25, -0.2) is 4.98 Å². The van der Waals surface area contributed by atoms with Gasteiger partial charge in [0.25, 0.3) is 11.5 Å². The number of nitrogens with one attached hydrogen (secondary N) is 1. The van der Waals surface area contributed by atoms with Crippen molar-refractivity contribution >= 4 is 22.2 Å². The summed E-state index contributed by atoms with van der Waals surface area (Å²) >= 11 is 1.55. The minimum absolute atomic E-state index is 0.0637. The Balaban J connectivity index is 1.62. The Kier molecular flexibility index (Phi) is 3.46. The third kappa shape index (κ3) is 2.24. The number of aromatic nitrogens is 2. The predicted molar refractivity (Wildman–Crippen MR) is 82.7 cm³/mol. The van der Waals surface area contributed by atoms with Crippen LogP contribution in [0.2, 0.25) is 0 Å².